The lowest BCUT2D eigenvalue weighted by atomic mass is 10.0. The van der Waals surface area contributed by atoms with Crippen molar-refractivity contribution in [2.24, 2.45) is 5.10 Å². The Labute approximate surface area is 160 Å². The van der Waals surface area contributed by atoms with Crippen LogP contribution in [0.2, 0.25) is 0 Å². The quantitative estimate of drug-likeness (QED) is 0.450. The monoisotopic (exact) mass is 361 g/mol. The summed E-state index contributed by atoms with van der Waals surface area (Å²) in [6.45, 7) is 6.25. The summed E-state index contributed by atoms with van der Waals surface area (Å²) in [7, 11) is 0. The van der Waals surface area contributed by atoms with Crippen molar-refractivity contribution in [1.82, 2.24) is 10.4 Å². The topological polar surface area (TPSA) is 57.2 Å². The van der Waals surface area contributed by atoms with Gasteiger partial charge in [0.15, 0.2) is 0 Å². The van der Waals surface area contributed by atoms with Crippen LogP contribution in [0.5, 0.6) is 0 Å². The van der Waals surface area contributed by atoms with E-state index >= 15 is 0 Å². The van der Waals surface area contributed by atoms with E-state index in [2.05, 4.69) is 41.5 Å². The smallest absolute Gasteiger partial charge is 0.244 e. The first kappa shape index (κ1) is 18.9. The number of H-pyrrole nitrogens is 1. The van der Waals surface area contributed by atoms with Crippen LogP contribution in [0.1, 0.15) is 48.6 Å². The number of nitrogens with one attached hydrogen (secondary N) is 2. The average Bonchev–Trinajstić information content (AvgIpc) is 2.99. The zero-order valence-corrected chi connectivity index (χ0v) is 16.3. The van der Waals surface area contributed by atoms with E-state index in [1.54, 1.807) is 0 Å². The average molecular weight is 361 g/mol. The number of fused-ring (bicyclic) bond motifs is 1. The molecule has 0 bridgehead atoms. The van der Waals surface area contributed by atoms with E-state index in [1.807, 2.05) is 43.3 Å². The molecule has 140 valence electrons. The summed E-state index contributed by atoms with van der Waals surface area (Å²) in [5, 5.41) is 5.56. The molecule has 27 heavy (non-hydrogen) atoms. The number of hydrogen-bond acceptors (Lipinski definition) is 2. The van der Waals surface area contributed by atoms with Crippen LogP contribution in [0.3, 0.4) is 0 Å². The minimum atomic E-state index is -0.0922. The van der Waals surface area contributed by atoms with Crippen molar-refractivity contribution in [3.63, 3.8) is 0 Å². The van der Waals surface area contributed by atoms with Crippen molar-refractivity contribution in [2.45, 2.75) is 46.5 Å². The Morgan fingerprint density at radius 3 is 2.59 bits per heavy atom. The second-order valence-electron chi connectivity index (χ2n) is 6.97. The van der Waals surface area contributed by atoms with E-state index in [0.717, 1.165) is 52.7 Å². The van der Waals surface area contributed by atoms with Crippen molar-refractivity contribution in [3.05, 3.63) is 70.9 Å². The number of benzene rings is 2. The number of hydrazone groups is 1. The number of aryl methyl sites for hydroxylation is 2. The zero-order chi connectivity index (χ0) is 19.2. The van der Waals surface area contributed by atoms with Gasteiger partial charge in [0.2, 0.25) is 5.91 Å². The molecule has 1 aromatic heterocycles. The van der Waals surface area contributed by atoms with Crippen LogP contribution < -0.4 is 5.43 Å². The van der Waals surface area contributed by atoms with Gasteiger partial charge in [0.25, 0.3) is 0 Å². The minimum absolute atomic E-state index is 0.0922. The Balaban J connectivity index is 1.77. The van der Waals surface area contributed by atoms with Gasteiger partial charge in [-0.05, 0) is 43.4 Å². The number of nitrogens with zero attached hydrogens (tertiary/aromatic N) is 1. The molecular weight excluding hydrogens is 334 g/mol. The lowest BCUT2D eigenvalue weighted by molar-refractivity contribution is -0.120. The largest absolute Gasteiger partial charge is 0.358 e. The maximum absolute atomic E-state index is 12.6. The van der Waals surface area contributed by atoms with Crippen molar-refractivity contribution < 1.29 is 4.79 Å². The van der Waals surface area contributed by atoms with Gasteiger partial charge in [0.05, 0.1) is 12.1 Å². The molecule has 0 aliphatic carbocycles. The van der Waals surface area contributed by atoms with Gasteiger partial charge in [0, 0.05) is 16.6 Å². The molecule has 4 heteroatoms. The molecule has 3 rings (SSSR count). The molecule has 0 fully saturated rings. The van der Waals surface area contributed by atoms with Crippen LogP contribution >= 0.6 is 0 Å². The van der Waals surface area contributed by atoms with Gasteiger partial charge in [-0.1, -0.05) is 61.9 Å². The molecule has 0 spiro atoms. The molecule has 0 aliphatic heterocycles. The summed E-state index contributed by atoms with van der Waals surface area (Å²) in [5.41, 5.74) is 9.12. The van der Waals surface area contributed by atoms with Gasteiger partial charge in [-0.15, -0.1) is 0 Å². The fourth-order valence-electron chi connectivity index (χ4n) is 3.35. The van der Waals surface area contributed by atoms with E-state index in [0.29, 0.717) is 6.42 Å². The highest BCUT2D eigenvalue weighted by Gasteiger charge is 2.13. The number of aromatic amines is 1. The van der Waals surface area contributed by atoms with E-state index in [-0.39, 0.29) is 5.91 Å². The zero-order valence-electron chi connectivity index (χ0n) is 16.3. The Morgan fingerprint density at radius 1 is 1.07 bits per heavy atom. The van der Waals surface area contributed by atoms with Gasteiger partial charge in [0.1, 0.15) is 0 Å². The third-order valence-corrected chi connectivity index (χ3v) is 4.89. The number of hydrogen-bond donors (Lipinski definition) is 2. The van der Waals surface area contributed by atoms with Gasteiger partial charge in [-0.25, -0.2) is 5.43 Å². The van der Waals surface area contributed by atoms with E-state index in [9.17, 15) is 4.79 Å². The van der Waals surface area contributed by atoms with Crippen LogP contribution in [-0.2, 0) is 11.2 Å². The second-order valence-corrected chi connectivity index (χ2v) is 6.97. The normalized spacial score (nSPS) is 11.7. The molecule has 3 aromatic rings. The molecule has 0 saturated carbocycles. The molecular formula is C23H27N3O. The molecule has 4 nitrogen and oxygen atoms in total. The number of aromatic nitrogens is 1. The van der Waals surface area contributed by atoms with Gasteiger partial charge in [-0.2, -0.15) is 5.10 Å². The van der Waals surface area contributed by atoms with Crippen LogP contribution in [0.4, 0.5) is 0 Å². The molecule has 1 heterocycles. The fourth-order valence-corrected chi connectivity index (χ4v) is 3.35. The van der Waals surface area contributed by atoms with Gasteiger partial charge in [-0.3, -0.25) is 4.79 Å². The predicted molar refractivity (Wildman–Crippen MR) is 112 cm³/mol. The van der Waals surface area contributed by atoms with Crippen molar-refractivity contribution >= 4 is 22.5 Å². The van der Waals surface area contributed by atoms with Crippen molar-refractivity contribution in [3.8, 4) is 0 Å². The molecule has 1 amide bonds. The van der Waals surface area contributed by atoms with Crippen molar-refractivity contribution in [2.75, 3.05) is 0 Å². The van der Waals surface area contributed by atoms with Crippen LogP contribution in [0, 0.1) is 13.8 Å². The SMILES string of the molecule is CCCC/C(=N/NC(=O)Cc1c(C)[nH]c2c(C)cccc12)c1ccccc1. The van der Waals surface area contributed by atoms with E-state index in [1.165, 1.54) is 5.56 Å². The summed E-state index contributed by atoms with van der Waals surface area (Å²) in [6, 6.07) is 16.2. The summed E-state index contributed by atoms with van der Waals surface area (Å²) in [6.07, 6.45) is 3.30. The van der Waals surface area contributed by atoms with Crippen LogP contribution in [0.15, 0.2) is 53.6 Å². The number of rotatable bonds is 7. The highest BCUT2D eigenvalue weighted by Crippen LogP contribution is 2.25. The van der Waals surface area contributed by atoms with E-state index in [4.69, 9.17) is 0 Å². The highest BCUT2D eigenvalue weighted by molar-refractivity contribution is 6.01. The maximum atomic E-state index is 12.6. The summed E-state index contributed by atoms with van der Waals surface area (Å²) in [4.78, 5) is 16.0. The molecule has 0 unspecified atom stereocenters. The maximum Gasteiger partial charge on any atom is 0.244 e. The Morgan fingerprint density at radius 2 is 1.85 bits per heavy atom. The Kier molecular flexibility index (Phi) is 6.07. The van der Waals surface area contributed by atoms with E-state index < -0.39 is 0 Å². The highest BCUT2D eigenvalue weighted by atomic mass is 16.2. The molecule has 0 radical (unpaired) electrons. The molecule has 0 atom stereocenters. The second kappa shape index (κ2) is 8.67. The first-order valence-corrected chi connectivity index (χ1v) is 9.57. The number of carbonyl (C=O) groups excluding carboxylic acids is 1. The fraction of sp³-hybridized carbons (Fsp3) is 0.304. The number of unbranched alkanes of at least 4 members (excludes halogenated alkanes) is 1. The Hall–Kier alpha value is -2.88. The predicted octanol–water partition coefficient (Wildman–Crippen LogP) is 5.04. The third-order valence-electron chi connectivity index (χ3n) is 4.89. The van der Waals surface area contributed by atoms with Crippen LogP contribution in [-0.4, -0.2) is 16.6 Å². The third kappa shape index (κ3) is 4.45. The Bertz CT molecular complexity index is 954. The first-order chi connectivity index (χ1) is 13.1. The summed E-state index contributed by atoms with van der Waals surface area (Å²) >= 11 is 0. The summed E-state index contributed by atoms with van der Waals surface area (Å²) < 4.78 is 0. The molecule has 0 saturated heterocycles. The van der Waals surface area contributed by atoms with Gasteiger partial charge < -0.3 is 4.98 Å². The first-order valence-electron chi connectivity index (χ1n) is 9.57. The van der Waals surface area contributed by atoms with Crippen molar-refractivity contribution in [1.29, 1.82) is 0 Å². The number of amides is 1. The minimum Gasteiger partial charge on any atom is -0.358 e. The lowest BCUT2D eigenvalue weighted by Crippen LogP contribution is -2.22. The van der Waals surface area contributed by atoms with Crippen LogP contribution in [0.25, 0.3) is 10.9 Å². The summed E-state index contributed by atoms with van der Waals surface area (Å²) in [5.74, 6) is -0.0922. The molecule has 2 N–H and O–H groups in total. The number of para-hydroxylation sites is 1. The molecule has 2 aromatic carbocycles. The van der Waals surface area contributed by atoms with Gasteiger partial charge >= 0.3 is 0 Å². The lowest BCUT2D eigenvalue weighted by Gasteiger charge is -2.07. The standard InChI is InChI=1S/C23H27N3O/c1-4-5-14-21(18-11-7-6-8-12-18)25-26-22(27)15-20-17(3)24-23-16(2)10-9-13-19(20)23/h6-13,24H,4-5,14-15H2,1-3H3,(H,26,27)/b25-21-. The number of carbonyl (C=O) groups is 1. The molecule has 0 aliphatic rings.